The van der Waals surface area contributed by atoms with Crippen molar-refractivity contribution in [2.24, 2.45) is 5.92 Å². The molecule has 0 bridgehead atoms. The maximum atomic E-state index is 11.8. The minimum atomic E-state index is -0.283. The zero-order chi connectivity index (χ0) is 12.0. The summed E-state index contributed by atoms with van der Waals surface area (Å²) < 4.78 is 0. The summed E-state index contributed by atoms with van der Waals surface area (Å²) in [7, 11) is 0. The molecule has 15 heavy (non-hydrogen) atoms. The fraction of sp³-hybridized carbons (Fsp3) is 0.818. The number of hydrogen-bond acceptors (Lipinski definition) is 3. The molecule has 88 valence electrons. The number of rotatable bonds is 6. The third-order valence-electron chi connectivity index (χ3n) is 2.00. The molecule has 0 aliphatic rings. The van der Waals surface area contributed by atoms with Crippen LogP contribution in [0.5, 0.6) is 0 Å². The summed E-state index contributed by atoms with van der Waals surface area (Å²) in [5.74, 6) is 0.00886. The van der Waals surface area contributed by atoms with Crippen molar-refractivity contribution >= 4 is 11.7 Å². The van der Waals surface area contributed by atoms with Gasteiger partial charge in [-0.05, 0) is 0 Å². The Hall–Kier alpha value is -0.900. The van der Waals surface area contributed by atoms with Crippen LogP contribution in [0.4, 0.5) is 0 Å². The zero-order valence-corrected chi connectivity index (χ0v) is 10.3. The maximum Gasteiger partial charge on any atom is 0.216 e. The van der Waals surface area contributed by atoms with Gasteiger partial charge in [-0.3, -0.25) is 9.59 Å². The van der Waals surface area contributed by atoms with E-state index < -0.39 is 0 Å². The van der Waals surface area contributed by atoms with Crippen LogP contribution in [-0.2, 0) is 9.59 Å². The highest BCUT2D eigenvalue weighted by Gasteiger charge is 2.21. The van der Waals surface area contributed by atoms with Gasteiger partial charge in [0.15, 0.2) is 5.78 Å². The first-order valence-electron chi connectivity index (χ1n) is 5.38. The van der Waals surface area contributed by atoms with Gasteiger partial charge in [0.2, 0.25) is 5.91 Å². The molecule has 0 saturated carbocycles. The van der Waals surface area contributed by atoms with Crippen molar-refractivity contribution in [3.05, 3.63) is 0 Å². The Morgan fingerprint density at radius 1 is 1.13 bits per heavy atom. The summed E-state index contributed by atoms with van der Waals surface area (Å²) in [6.07, 6.45) is 0. The molecule has 0 unspecified atom stereocenters. The predicted molar refractivity (Wildman–Crippen MR) is 60.6 cm³/mol. The molecular formula is C11H22N2O2. The fourth-order valence-electron chi connectivity index (χ4n) is 1.29. The lowest BCUT2D eigenvalue weighted by Crippen LogP contribution is -2.49. The first kappa shape index (κ1) is 14.1. The second kappa shape index (κ2) is 6.56. The van der Waals surface area contributed by atoms with Gasteiger partial charge in [-0.1, -0.05) is 27.7 Å². The van der Waals surface area contributed by atoms with Crippen molar-refractivity contribution in [1.29, 1.82) is 0 Å². The van der Waals surface area contributed by atoms with E-state index in [0.717, 1.165) is 0 Å². The van der Waals surface area contributed by atoms with Crippen LogP contribution in [0.2, 0.25) is 0 Å². The number of hydrogen-bond donors (Lipinski definition) is 2. The molecule has 0 aromatic heterocycles. The Bertz CT molecular complexity index is 225. The first-order valence-corrected chi connectivity index (χ1v) is 5.38. The van der Waals surface area contributed by atoms with E-state index in [1.54, 1.807) is 0 Å². The Labute approximate surface area is 91.8 Å². The van der Waals surface area contributed by atoms with Gasteiger partial charge in [-0.15, -0.1) is 0 Å². The van der Waals surface area contributed by atoms with Crippen molar-refractivity contribution in [1.82, 2.24) is 10.6 Å². The van der Waals surface area contributed by atoms with Gasteiger partial charge >= 0.3 is 0 Å². The van der Waals surface area contributed by atoms with Crippen LogP contribution >= 0.6 is 0 Å². The summed E-state index contributed by atoms with van der Waals surface area (Å²) in [5, 5.41) is 5.82. The largest absolute Gasteiger partial charge is 0.354 e. The van der Waals surface area contributed by atoms with Crippen molar-refractivity contribution in [2.75, 3.05) is 6.54 Å². The molecule has 0 radical (unpaired) electrons. The molecule has 0 fully saturated rings. The molecule has 4 nitrogen and oxygen atoms in total. The minimum absolute atomic E-state index is 0.0185. The molecule has 0 saturated heterocycles. The van der Waals surface area contributed by atoms with Gasteiger partial charge in [0.25, 0.3) is 0 Å². The number of Topliss-reactive ketones (excluding diaryl/α,β-unsaturated/α-hetero) is 1. The molecule has 0 spiro atoms. The molecular weight excluding hydrogens is 192 g/mol. The maximum absolute atomic E-state index is 11.8. The lowest BCUT2D eigenvalue weighted by Gasteiger charge is -2.21. The van der Waals surface area contributed by atoms with E-state index in [2.05, 4.69) is 10.6 Å². The van der Waals surface area contributed by atoms with Gasteiger partial charge in [-0.25, -0.2) is 0 Å². The lowest BCUT2D eigenvalue weighted by atomic mass is 10.0. The molecule has 0 heterocycles. The topological polar surface area (TPSA) is 58.2 Å². The van der Waals surface area contributed by atoms with E-state index in [1.165, 1.54) is 6.92 Å². The van der Waals surface area contributed by atoms with Crippen molar-refractivity contribution in [3.8, 4) is 0 Å². The molecule has 4 heteroatoms. The summed E-state index contributed by atoms with van der Waals surface area (Å²) in [5.41, 5.74) is 0. The Morgan fingerprint density at radius 2 is 1.67 bits per heavy atom. The van der Waals surface area contributed by atoms with Gasteiger partial charge in [0, 0.05) is 25.4 Å². The first-order chi connectivity index (χ1) is 6.84. The average Bonchev–Trinajstić information content (AvgIpc) is 2.10. The van der Waals surface area contributed by atoms with Gasteiger partial charge in [-0.2, -0.15) is 0 Å². The van der Waals surface area contributed by atoms with Crippen LogP contribution in [0.3, 0.4) is 0 Å². The number of carbonyl (C=O) groups is 2. The van der Waals surface area contributed by atoms with Crippen LogP contribution < -0.4 is 10.6 Å². The van der Waals surface area contributed by atoms with Crippen molar-refractivity contribution in [2.45, 2.75) is 46.7 Å². The van der Waals surface area contributed by atoms with Gasteiger partial charge in [0.05, 0.1) is 6.04 Å². The summed E-state index contributed by atoms with van der Waals surface area (Å²) >= 11 is 0. The van der Waals surface area contributed by atoms with E-state index in [4.69, 9.17) is 0 Å². The second-order valence-corrected chi connectivity index (χ2v) is 4.37. The number of carbonyl (C=O) groups excluding carboxylic acids is 2. The fourth-order valence-corrected chi connectivity index (χ4v) is 1.29. The quantitative estimate of drug-likeness (QED) is 0.685. The van der Waals surface area contributed by atoms with Gasteiger partial charge in [0.1, 0.15) is 0 Å². The van der Waals surface area contributed by atoms with Crippen LogP contribution in [-0.4, -0.2) is 30.3 Å². The summed E-state index contributed by atoms with van der Waals surface area (Å²) in [6, 6.07) is -0.0552. The number of ketones is 1. The van der Waals surface area contributed by atoms with E-state index in [-0.39, 0.29) is 29.7 Å². The molecule has 0 aliphatic carbocycles. The van der Waals surface area contributed by atoms with Crippen LogP contribution in [0, 0.1) is 5.92 Å². The summed E-state index contributed by atoms with van der Waals surface area (Å²) in [4.78, 5) is 22.6. The van der Waals surface area contributed by atoms with Crippen molar-refractivity contribution < 1.29 is 9.59 Å². The van der Waals surface area contributed by atoms with Crippen LogP contribution in [0.25, 0.3) is 0 Å². The van der Waals surface area contributed by atoms with E-state index in [1.807, 2.05) is 27.7 Å². The molecule has 2 N–H and O–H groups in total. The van der Waals surface area contributed by atoms with Crippen molar-refractivity contribution in [3.63, 3.8) is 0 Å². The third-order valence-corrected chi connectivity index (χ3v) is 2.00. The number of amides is 1. The molecule has 0 rings (SSSR count). The van der Waals surface area contributed by atoms with E-state index in [0.29, 0.717) is 6.54 Å². The summed E-state index contributed by atoms with van der Waals surface area (Å²) in [6.45, 7) is 9.51. The smallest absolute Gasteiger partial charge is 0.216 e. The highest BCUT2D eigenvalue weighted by atomic mass is 16.1. The Kier molecular flexibility index (Phi) is 6.17. The molecule has 1 atom stereocenters. The molecule has 1 amide bonds. The highest BCUT2D eigenvalue weighted by molar-refractivity contribution is 5.86. The van der Waals surface area contributed by atoms with Gasteiger partial charge < -0.3 is 10.6 Å². The Morgan fingerprint density at radius 3 is 2.00 bits per heavy atom. The highest BCUT2D eigenvalue weighted by Crippen LogP contribution is 2.00. The van der Waals surface area contributed by atoms with E-state index >= 15 is 0 Å². The lowest BCUT2D eigenvalue weighted by molar-refractivity contribution is -0.124. The minimum Gasteiger partial charge on any atom is -0.354 e. The average molecular weight is 214 g/mol. The molecule has 0 aromatic rings. The molecule has 0 aromatic carbocycles. The standard InChI is InChI=1S/C11H22N2O2/c1-7(2)11(15)10(13-8(3)4)6-12-9(5)14/h7-8,10,13H,6H2,1-5H3,(H,12,14)/t10-/m0/s1. The monoisotopic (exact) mass is 214 g/mol. The van der Waals surface area contributed by atoms with E-state index in [9.17, 15) is 9.59 Å². The number of nitrogens with one attached hydrogen (secondary N) is 2. The predicted octanol–water partition coefficient (Wildman–Crippen LogP) is 0.714. The normalized spacial score (nSPS) is 13.0. The zero-order valence-electron chi connectivity index (χ0n) is 10.3. The van der Waals surface area contributed by atoms with Crippen LogP contribution in [0.1, 0.15) is 34.6 Å². The Balaban J connectivity index is 4.30. The second-order valence-electron chi connectivity index (χ2n) is 4.37. The molecule has 0 aliphatic heterocycles. The SMILES string of the molecule is CC(=O)NC[C@H](NC(C)C)C(=O)C(C)C. The van der Waals surface area contributed by atoms with Crippen LogP contribution in [0.15, 0.2) is 0 Å². The third kappa shape index (κ3) is 6.23.